The quantitative estimate of drug-likeness (QED) is 0.452. The van der Waals surface area contributed by atoms with Gasteiger partial charge in [0.25, 0.3) is 0 Å². The molecule has 0 radical (unpaired) electrons. The third-order valence-corrected chi connectivity index (χ3v) is 8.71. The number of thioether (sulfide) groups is 1. The molecule has 2 fully saturated rings. The van der Waals surface area contributed by atoms with Crippen molar-refractivity contribution >= 4 is 29.2 Å². The minimum atomic E-state index is 0.305. The summed E-state index contributed by atoms with van der Waals surface area (Å²) in [6.07, 6.45) is 6.63. The normalized spacial score (nSPS) is 22.9. The molecule has 2 aromatic heterocycles. The van der Waals surface area contributed by atoms with Crippen molar-refractivity contribution in [2.45, 2.75) is 55.6 Å². The van der Waals surface area contributed by atoms with Crippen molar-refractivity contribution in [3.8, 4) is 0 Å². The summed E-state index contributed by atoms with van der Waals surface area (Å²) in [5.41, 5.74) is 3.76. The van der Waals surface area contributed by atoms with Gasteiger partial charge in [-0.3, -0.25) is 0 Å². The summed E-state index contributed by atoms with van der Waals surface area (Å²) in [6.45, 7) is 6.12. The molecule has 3 aromatic rings. The van der Waals surface area contributed by atoms with Gasteiger partial charge in [-0.25, -0.2) is 4.98 Å². The van der Waals surface area contributed by atoms with E-state index in [2.05, 4.69) is 74.8 Å². The van der Waals surface area contributed by atoms with E-state index in [1.807, 2.05) is 18.0 Å². The van der Waals surface area contributed by atoms with E-state index in [1.54, 1.807) is 0 Å². The van der Waals surface area contributed by atoms with Crippen LogP contribution in [0.5, 0.6) is 0 Å². The van der Waals surface area contributed by atoms with Gasteiger partial charge < -0.3 is 25.4 Å². The number of nitrogens with zero attached hydrogens (tertiary/aromatic N) is 4. The van der Waals surface area contributed by atoms with Crippen LogP contribution in [0.2, 0.25) is 0 Å². The lowest BCUT2D eigenvalue weighted by molar-refractivity contribution is 0.434. The van der Waals surface area contributed by atoms with Crippen molar-refractivity contribution in [1.29, 1.82) is 0 Å². The minimum Gasteiger partial charge on any atom is -0.368 e. The van der Waals surface area contributed by atoms with E-state index in [0.717, 1.165) is 50.1 Å². The van der Waals surface area contributed by atoms with Crippen molar-refractivity contribution in [3.05, 3.63) is 60.0 Å². The third kappa shape index (κ3) is 4.86. The second kappa shape index (κ2) is 10.1. The van der Waals surface area contributed by atoms with E-state index in [9.17, 15) is 0 Å². The molecule has 7 nitrogen and oxygen atoms in total. The molecule has 2 aliphatic heterocycles. The van der Waals surface area contributed by atoms with Crippen LogP contribution in [0.15, 0.2) is 53.6 Å². The van der Waals surface area contributed by atoms with E-state index in [4.69, 9.17) is 9.97 Å². The number of benzene rings is 1. The number of H-pyrrole nitrogens is 1. The Morgan fingerprint density at radius 1 is 0.971 bits per heavy atom. The maximum atomic E-state index is 5.12. The summed E-state index contributed by atoms with van der Waals surface area (Å²) in [7, 11) is 0. The number of nitrogens with one attached hydrogen (secondary N) is 3. The van der Waals surface area contributed by atoms with Gasteiger partial charge in [0.1, 0.15) is 5.82 Å². The molecule has 3 atom stereocenters. The van der Waals surface area contributed by atoms with E-state index in [0.29, 0.717) is 18.1 Å². The summed E-state index contributed by atoms with van der Waals surface area (Å²) in [5.74, 6) is 3.04. The Balaban J connectivity index is 1.16. The molecule has 0 bridgehead atoms. The number of para-hydroxylation sites is 1. The molecule has 1 saturated carbocycles. The van der Waals surface area contributed by atoms with Crippen molar-refractivity contribution in [2.24, 2.45) is 0 Å². The first-order valence-electron chi connectivity index (χ1n) is 13.0. The summed E-state index contributed by atoms with van der Waals surface area (Å²) in [6, 6.07) is 16.1. The number of rotatable bonds is 7. The zero-order valence-electron chi connectivity index (χ0n) is 20.4. The van der Waals surface area contributed by atoms with Gasteiger partial charge in [0.05, 0.1) is 10.6 Å². The van der Waals surface area contributed by atoms with Crippen LogP contribution in [-0.2, 0) is 6.42 Å². The standard InChI is InChI=1S/C27H35N7S/c1-19(21-11-6-13-28-21)29-22-9-5-10-23(22)30-26-25-24(12-18-35-25)31-27(32-26)34-16-14-33(15-17-34)20-7-3-2-4-8-20/h2-4,6-8,11,13,19,22-23,28-29H,5,9-10,12,14-18H2,1H3,(H,30,31,32)/t19?,22-,23-/m0/s1. The van der Waals surface area contributed by atoms with Crippen molar-refractivity contribution in [1.82, 2.24) is 20.3 Å². The van der Waals surface area contributed by atoms with Crippen molar-refractivity contribution in [2.75, 3.05) is 47.0 Å². The van der Waals surface area contributed by atoms with E-state index >= 15 is 0 Å². The highest BCUT2D eigenvalue weighted by Crippen LogP contribution is 2.38. The Bertz CT molecular complexity index is 1110. The molecule has 4 heterocycles. The van der Waals surface area contributed by atoms with Gasteiger partial charge in [0, 0.05) is 74.1 Å². The molecule has 0 spiro atoms. The van der Waals surface area contributed by atoms with Crippen LogP contribution in [0.25, 0.3) is 0 Å². The topological polar surface area (TPSA) is 72.1 Å². The minimum absolute atomic E-state index is 0.305. The predicted octanol–water partition coefficient (Wildman–Crippen LogP) is 4.46. The smallest absolute Gasteiger partial charge is 0.227 e. The predicted molar refractivity (Wildman–Crippen MR) is 145 cm³/mol. The van der Waals surface area contributed by atoms with E-state index in [1.165, 1.54) is 41.2 Å². The van der Waals surface area contributed by atoms with Gasteiger partial charge in [-0.15, -0.1) is 11.8 Å². The van der Waals surface area contributed by atoms with Gasteiger partial charge in [-0.1, -0.05) is 18.2 Å². The van der Waals surface area contributed by atoms with Gasteiger partial charge in [-0.2, -0.15) is 4.98 Å². The molecule has 0 amide bonds. The van der Waals surface area contributed by atoms with E-state index < -0.39 is 0 Å². The number of fused-ring (bicyclic) bond motifs is 1. The van der Waals surface area contributed by atoms with Crippen LogP contribution >= 0.6 is 11.8 Å². The lowest BCUT2D eigenvalue weighted by atomic mass is 10.1. The van der Waals surface area contributed by atoms with Gasteiger partial charge in [0.2, 0.25) is 5.95 Å². The van der Waals surface area contributed by atoms with Gasteiger partial charge in [-0.05, 0) is 50.5 Å². The Labute approximate surface area is 212 Å². The Morgan fingerprint density at radius 3 is 2.57 bits per heavy atom. The number of hydrogen-bond acceptors (Lipinski definition) is 7. The fraction of sp³-hybridized carbons (Fsp3) is 0.481. The van der Waals surface area contributed by atoms with Crippen LogP contribution < -0.4 is 20.4 Å². The molecular formula is C27H35N7S. The summed E-state index contributed by atoms with van der Waals surface area (Å²) in [5, 5.41) is 7.73. The molecular weight excluding hydrogens is 454 g/mol. The summed E-state index contributed by atoms with van der Waals surface area (Å²) >= 11 is 1.90. The number of piperazine rings is 1. The molecule has 1 unspecified atom stereocenters. The molecule has 35 heavy (non-hydrogen) atoms. The summed E-state index contributed by atoms with van der Waals surface area (Å²) in [4.78, 5) is 19.6. The average Bonchev–Trinajstić information content (AvgIpc) is 3.67. The van der Waals surface area contributed by atoms with Crippen LogP contribution in [0.4, 0.5) is 17.5 Å². The lowest BCUT2D eigenvalue weighted by Crippen LogP contribution is -2.47. The van der Waals surface area contributed by atoms with Crippen LogP contribution in [0, 0.1) is 0 Å². The van der Waals surface area contributed by atoms with Crippen LogP contribution in [-0.4, -0.2) is 59.0 Å². The second-order valence-corrected chi connectivity index (χ2v) is 11.0. The third-order valence-electron chi connectivity index (χ3n) is 7.58. The summed E-state index contributed by atoms with van der Waals surface area (Å²) < 4.78 is 0. The zero-order valence-corrected chi connectivity index (χ0v) is 21.2. The Hall–Kier alpha value is -2.71. The molecule has 3 aliphatic rings. The second-order valence-electron chi connectivity index (χ2n) is 9.86. The molecule has 8 heteroatoms. The first-order chi connectivity index (χ1) is 17.2. The number of aromatic amines is 1. The first-order valence-corrected chi connectivity index (χ1v) is 14.0. The SMILES string of the molecule is CC(N[C@H]1CCC[C@@H]1Nc1nc(N2CCN(c3ccccc3)CC2)nc2c1SCC2)c1ccc[nH]1. The Kier molecular flexibility index (Phi) is 6.57. The van der Waals surface area contributed by atoms with E-state index in [-0.39, 0.29) is 0 Å². The molecule has 1 aromatic carbocycles. The van der Waals surface area contributed by atoms with Crippen LogP contribution in [0.3, 0.4) is 0 Å². The average molecular weight is 490 g/mol. The fourth-order valence-corrected chi connectivity index (χ4v) is 6.69. The molecule has 6 rings (SSSR count). The fourth-order valence-electron chi connectivity index (χ4n) is 5.63. The largest absolute Gasteiger partial charge is 0.368 e. The maximum Gasteiger partial charge on any atom is 0.227 e. The number of aryl methyl sites for hydroxylation is 1. The highest BCUT2D eigenvalue weighted by molar-refractivity contribution is 7.99. The molecule has 1 aliphatic carbocycles. The zero-order chi connectivity index (χ0) is 23.6. The number of aromatic nitrogens is 3. The molecule has 3 N–H and O–H groups in total. The monoisotopic (exact) mass is 489 g/mol. The number of anilines is 3. The molecule has 184 valence electrons. The maximum absolute atomic E-state index is 5.12. The lowest BCUT2D eigenvalue weighted by Gasteiger charge is -2.36. The molecule has 1 saturated heterocycles. The Morgan fingerprint density at radius 2 is 1.77 bits per heavy atom. The van der Waals surface area contributed by atoms with Crippen LogP contribution in [0.1, 0.15) is 43.6 Å². The highest BCUT2D eigenvalue weighted by atomic mass is 32.2. The van der Waals surface area contributed by atoms with Crippen molar-refractivity contribution in [3.63, 3.8) is 0 Å². The highest BCUT2D eigenvalue weighted by Gasteiger charge is 2.31. The number of hydrogen-bond donors (Lipinski definition) is 3. The van der Waals surface area contributed by atoms with Gasteiger partial charge >= 0.3 is 0 Å². The van der Waals surface area contributed by atoms with Crippen molar-refractivity contribution < 1.29 is 0 Å². The van der Waals surface area contributed by atoms with Gasteiger partial charge in [0.15, 0.2) is 0 Å². The first kappa shape index (κ1) is 22.7.